The third kappa shape index (κ3) is 2.53. The van der Waals surface area contributed by atoms with Crippen molar-refractivity contribution in [3.05, 3.63) is 35.9 Å². The molecule has 1 atom stereocenters. The summed E-state index contributed by atoms with van der Waals surface area (Å²) in [6.45, 7) is 6.98. The third-order valence-corrected chi connectivity index (χ3v) is 3.85. The van der Waals surface area contributed by atoms with Crippen LogP contribution in [-0.4, -0.2) is 29.6 Å². The Kier molecular flexibility index (Phi) is 2.72. The van der Waals surface area contributed by atoms with Crippen LogP contribution in [0.5, 0.6) is 0 Å². The molecule has 2 heteroatoms. The Hall–Kier alpha value is -0.860. The molecule has 17 heavy (non-hydrogen) atoms. The summed E-state index contributed by atoms with van der Waals surface area (Å²) in [6.07, 6.45) is 2.80. The molecule has 1 unspecified atom stereocenters. The molecular weight excluding hydrogens is 208 g/mol. The van der Waals surface area contributed by atoms with Crippen LogP contribution in [-0.2, 0) is 0 Å². The lowest BCUT2D eigenvalue weighted by atomic mass is 9.94. The van der Waals surface area contributed by atoms with Gasteiger partial charge in [-0.05, 0) is 32.3 Å². The van der Waals surface area contributed by atoms with Gasteiger partial charge in [-0.2, -0.15) is 0 Å². The van der Waals surface area contributed by atoms with Gasteiger partial charge in [-0.3, -0.25) is 4.90 Å². The van der Waals surface area contributed by atoms with Gasteiger partial charge in [0.05, 0.1) is 0 Å². The van der Waals surface area contributed by atoms with E-state index >= 15 is 0 Å². The number of benzene rings is 1. The highest BCUT2D eigenvalue weighted by Gasteiger charge is 2.39. The zero-order valence-corrected chi connectivity index (χ0v) is 10.8. The maximum atomic E-state index is 3.78. The monoisotopic (exact) mass is 230 g/mol. The minimum absolute atomic E-state index is 0.224. The van der Waals surface area contributed by atoms with Gasteiger partial charge in [0.1, 0.15) is 0 Å². The van der Waals surface area contributed by atoms with Crippen LogP contribution in [0.3, 0.4) is 0 Å². The Balaban J connectivity index is 1.80. The zero-order valence-electron chi connectivity index (χ0n) is 10.8. The second kappa shape index (κ2) is 4.11. The topological polar surface area (TPSA) is 15.3 Å². The highest BCUT2D eigenvalue weighted by molar-refractivity contribution is 5.21. The summed E-state index contributed by atoms with van der Waals surface area (Å²) in [5, 5.41) is 3.78. The van der Waals surface area contributed by atoms with Crippen LogP contribution in [0.2, 0.25) is 0 Å². The summed E-state index contributed by atoms with van der Waals surface area (Å²) in [7, 11) is 0. The smallest absolute Gasteiger partial charge is 0.0453 e. The summed E-state index contributed by atoms with van der Waals surface area (Å²) >= 11 is 0. The predicted octanol–water partition coefficient (Wildman–Crippen LogP) is 2.57. The predicted molar refractivity (Wildman–Crippen MR) is 71.0 cm³/mol. The Morgan fingerprint density at radius 1 is 1.18 bits per heavy atom. The van der Waals surface area contributed by atoms with Gasteiger partial charge in [-0.25, -0.2) is 0 Å². The van der Waals surface area contributed by atoms with Crippen molar-refractivity contribution in [2.45, 2.75) is 44.3 Å². The molecule has 1 aromatic carbocycles. The molecule has 1 saturated carbocycles. The minimum atomic E-state index is 0.224. The van der Waals surface area contributed by atoms with Gasteiger partial charge in [-0.15, -0.1) is 0 Å². The number of nitrogens with one attached hydrogen (secondary N) is 1. The largest absolute Gasteiger partial charge is 0.303 e. The second-order valence-corrected chi connectivity index (χ2v) is 6.15. The highest BCUT2D eigenvalue weighted by Crippen LogP contribution is 2.33. The van der Waals surface area contributed by atoms with Gasteiger partial charge in [-0.1, -0.05) is 30.3 Å². The summed E-state index contributed by atoms with van der Waals surface area (Å²) in [4.78, 5) is 2.67. The van der Waals surface area contributed by atoms with Crippen molar-refractivity contribution in [2.24, 2.45) is 0 Å². The molecule has 92 valence electrons. The molecule has 1 N–H and O–H groups in total. The molecule has 1 aromatic rings. The first-order valence-electron chi connectivity index (χ1n) is 6.71. The van der Waals surface area contributed by atoms with Gasteiger partial charge in [0, 0.05) is 30.7 Å². The van der Waals surface area contributed by atoms with E-state index < -0.39 is 0 Å². The molecule has 0 aromatic heterocycles. The Bertz CT molecular complexity index is 381. The van der Waals surface area contributed by atoms with Crippen molar-refractivity contribution in [1.82, 2.24) is 10.2 Å². The van der Waals surface area contributed by atoms with Crippen molar-refractivity contribution in [1.29, 1.82) is 0 Å². The first kappa shape index (κ1) is 11.2. The van der Waals surface area contributed by atoms with Crippen molar-refractivity contribution in [3.63, 3.8) is 0 Å². The molecule has 0 radical (unpaired) electrons. The Morgan fingerprint density at radius 2 is 1.88 bits per heavy atom. The van der Waals surface area contributed by atoms with E-state index in [4.69, 9.17) is 0 Å². The minimum Gasteiger partial charge on any atom is -0.303 e. The van der Waals surface area contributed by atoms with Crippen molar-refractivity contribution >= 4 is 0 Å². The number of piperazine rings is 1. The molecule has 1 heterocycles. The third-order valence-electron chi connectivity index (χ3n) is 3.85. The van der Waals surface area contributed by atoms with E-state index in [2.05, 4.69) is 54.4 Å². The standard InChI is InChI=1S/C15H22N2/c1-15(2)11-17(13-8-9-13)10-14(16-15)12-6-4-3-5-7-12/h3-7,13-14,16H,8-11H2,1-2H3. The lowest BCUT2D eigenvalue weighted by Crippen LogP contribution is -2.58. The van der Waals surface area contributed by atoms with Crippen LogP contribution in [0.4, 0.5) is 0 Å². The number of hydrogen-bond acceptors (Lipinski definition) is 2. The summed E-state index contributed by atoms with van der Waals surface area (Å²) in [6, 6.07) is 12.2. The van der Waals surface area contributed by atoms with Gasteiger partial charge in [0.15, 0.2) is 0 Å². The first-order chi connectivity index (χ1) is 8.14. The van der Waals surface area contributed by atoms with E-state index in [1.54, 1.807) is 0 Å². The maximum absolute atomic E-state index is 3.78. The number of rotatable bonds is 2. The Morgan fingerprint density at radius 3 is 2.53 bits per heavy atom. The molecular formula is C15H22N2. The molecule has 3 rings (SSSR count). The lowest BCUT2D eigenvalue weighted by Gasteiger charge is -2.44. The van der Waals surface area contributed by atoms with Gasteiger partial charge in [0.25, 0.3) is 0 Å². The molecule has 1 aliphatic heterocycles. The lowest BCUT2D eigenvalue weighted by molar-refractivity contribution is 0.110. The van der Waals surface area contributed by atoms with E-state index in [9.17, 15) is 0 Å². The average molecular weight is 230 g/mol. The first-order valence-corrected chi connectivity index (χ1v) is 6.71. The molecule has 0 bridgehead atoms. The SMILES string of the molecule is CC1(C)CN(C2CC2)CC(c2ccccc2)N1. The van der Waals surface area contributed by atoms with Gasteiger partial charge in [0.2, 0.25) is 0 Å². The fourth-order valence-electron chi connectivity index (χ4n) is 2.96. The van der Waals surface area contributed by atoms with Crippen LogP contribution in [0, 0.1) is 0 Å². The normalized spacial score (nSPS) is 29.2. The van der Waals surface area contributed by atoms with Crippen LogP contribution >= 0.6 is 0 Å². The molecule has 1 aliphatic carbocycles. The average Bonchev–Trinajstić information content (AvgIpc) is 3.12. The van der Waals surface area contributed by atoms with Crippen molar-refractivity contribution in [3.8, 4) is 0 Å². The van der Waals surface area contributed by atoms with Crippen molar-refractivity contribution < 1.29 is 0 Å². The summed E-state index contributed by atoms with van der Waals surface area (Å²) in [5.74, 6) is 0. The quantitative estimate of drug-likeness (QED) is 0.840. The fraction of sp³-hybridized carbons (Fsp3) is 0.600. The van der Waals surface area contributed by atoms with E-state index in [1.807, 2.05) is 0 Å². The molecule has 2 fully saturated rings. The highest BCUT2D eigenvalue weighted by atomic mass is 15.3. The zero-order chi connectivity index (χ0) is 11.9. The van der Waals surface area contributed by atoms with Gasteiger partial charge >= 0.3 is 0 Å². The van der Waals surface area contributed by atoms with E-state index in [-0.39, 0.29) is 5.54 Å². The molecule has 0 amide bonds. The van der Waals surface area contributed by atoms with Crippen LogP contribution in [0.15, 0.2) is 30.3 Å². The summed E-state index contributed by atoms with van der Waals surface area (Å²) in [5.41, 5.74) is 1.65. The fourth-order valence-corrected chi connectivity index (χ4v) is 2.96. The molecule has 2 aliphatic rings. The van der Waals surface area contributed by atoms with E-state index in [0.29, 0.717) is 6.04 Å². The summed E-state index contributed by atoms with van der Waals surface area (Å²) < 4.78 is 0. The molecule has 0 spiro atoms. The Labute approximate surface area is 104 Å². The van der Waals surface area contributed by atoms with E-state index in [0.717, 1.165) is 12.6 Å². The number of hydrogen-bond donors (Lipinski definition) is 1. The second-order valence-electron chi connectivity index (χ2n) is 6.15. The molecule has 2 nitrogen and oxygen atoms in total. The van der Waals surface area contributed by atoms with Crippen LogP contribution < -0.4 is 5.32 Å². The van der Waals surface area contributed by atoms with Gasteiger partial charge < -0.3 is 5.32 Å². The molecule has 1 saturated heterocycles. The van der Waals surface area contributed by atoms with Crippen LogP contribution in [0.25, 0.3) is 0 Å². The van der Waals surface area contributed by atoms with Crippen LogP contribution in [0.1, 0.15) is 38.3 Å². The maximum Gasteiger partial charge on any atom is 0.0453 e. The van der Waals surface area contributed by atoms with Crippen molar-refractivity contribution in [2.75, 3.05) is 13.1 Å². The number of nitrogens with zero attached hydrogens (tertiary/aromatic N) is 1. The van der Waals surface area contributed by atoms with E-state index in [1.165, 1.54) is 24.9 Å².